The molecule has 4 rings (SSSR count). The second kappa shape index (κ2) is 8.14. The minimum absolute atomic E-state index is 0.167. The summed E-state index contributed by atoms with van der Waals surface area (Å²) in [5.74, 6) is -0.0840. The van der Waals surface area contributed by atoms with E-state index < -0.39 is 21.8 Å². The third-order valence-corrected chi connectivity index (χ3v) is 7.10. The lowest BCUT2D eigenvalue weighted by Gasteiger charge is -2.16. The lowest BCUT2D eigenvalue weighted by Crippen LogP contribution is -2.20. The number of aliphatic carboxylic acids is 1. The topological polar surface area (TPSA) is 122 Å². The van der Waals surface area contributed by atoms with Crippen molar-refractivity contribution in [2.75, 3.05) is 0 Å². The molecule has 0 radical (unpaired) electrons. The number of nitrogens with two attached hydrogens (primary N) is 1. The highest BCUT2D eigenvalue weighted by Crippen LogP contribution is 2.35. The van der Waals surface area contributed by atoms with Crippen LogP contribution in [0, 0.1) is 13.8 Å². The number of fused-ring (bicyclic) bond motifs is 1. The first kappa shape index (κ1) is 21.6. The van der Waals surface area contributed by atoms with Crippen molar-refractivity contribution in [3.05, 3.63) is 83.6 Å². The molecule has 164 valence electrons. The van der Waals surface area contributed by atoms with Crippen LogP contribution in [-0.4, -0.2) is 24.5 Å². The van der Waals surface area contributed by atoms with Crippen LogP contribution < -0.4 is 10.5 Å². The Bertz CT molecular complexity index is 1400. The molecule has 32 heavy (non-hydrogen) atoms. The van der Waals surface area contributed by atoms with E-state index in [0.29, 0.717) is 28.0 Å². The van der Waals surface area contributed by atoms with Gasteiger partial charge in [0, 0.05) is 17.1 Å². The van der Waals surface area contributed by atoms with Crippen LogP contribution in [0.5, 0.6) is 11.5 Å². The van der Waals surface area contributed by atoms with Crippen molar-refractivity contribution in [2.45, 2.75) is 29.7 Å². The third-order valence-electron chi connectivity index (χ3n) is 5.29. The third kappa shape index (κ3) is 3.86. The summed E-state index contributed by atoms with van der Waals surface area (Å²) < 4.78 is 32.3. The Hall–Kier alpha value is -3.62. The van der Waals surface area contributed by atoms with Gasteiger partial charge in [-0.2, -0.15) is 0 Å². The van der Waals surface area contributed by atoms with Gasteiger partial charge in [0.15, 0.2) is 0 Å². The van der Waals surface area contributed by atoms with Crippen molar-refractivity contribution >= 4 is 26.7 Å². The van der Waals surface area contributed by atoms with E-state index in [4.69, 9.17) is 15.6 Å². The molecule has 0 fully saturated rings. The fourth-order valence-electron chi connectivity index (χ4n) is 3.67. The number of aromatic nitrogens is 1. The van der Waals surface area contributed by atoms with E-state index in [-0.39, 0.29) is 9.79 Å². The van der Waals surface area contributed by atoms with E-state index in [9.17, 15) is 13.2 Å². The van der Waals surface area contributed by atoms with Crippen molar-refractivity contribution in [2.24, 2.45) is 5.73 Å². The molecule has 0 saturated heterocycles. The fourth-order valence-corrected chi connectivity index (χ4v) is 5.11. The highest BCUT2D eigenvalue weighted by atomic mass is 32.2. The zero-order chi connectivity index (χ0) is 23.0. The number of benzene rings is 3. The lowest BCUT2D eigenvalue weighted by atomic mass is 10.0. The van der Waals surface area contributed by atoms with Gasteiger partial charge in [-0.25, -0.2) is 8.42 Å². The molecular weight excluding hydrogens is 428 g/mol. The van der Waals surface area contributed by atoms with Crippen molar-refractivity contribution in [3.8, 4) is 11.5 Å². The van der Waals surface area contributed by atoms with E-state index in [1.54, 1.807) is 74.5 Å². The van der Waals surface area contributed by atoms with E-state index in [1.807, 2.05) is 0 Å². The normalized spacial score (nSPS) is 12.6. The summed E-state index contributed by atoms with van der Waals surface area (Å²) in [6.45, 7) is 3.61. The number of rotatable bonds is 6. The number of aryl methyl sites for hydroxylation is 2. The molecule has 1 atom stereocenters. The molecule has 0 aliphatic heterocycles. The molecule has 4 N–H and O–H groups in total. The molecule has 8 heteroatoms. The molecule has 7 nitrogen and oxygen atoms in total. The van der Waals surface area contributed by atoms with Crippen LogP contribution in [-0.2, 0) is 14.6 Å². The van der Waals surface area contributed by atoms with Gasteiger partial charge >= 0.3 is 5.97 Å². The number of sulfone groups is 1. The van der Waals surface area contributed by atoms with E-state index in [0.717, 1.165) is 11.1 Å². The molecule has 0 spiro atoms. The second-order valence-corrected chi connectivity index (χ2v) is 9.50. The fraction of sp³-hybridized carbons (Fsp3) is 0.125. The Morgan fingerprint density at radius 1 is 1.03 bits per heavy atom. The Kier molecular flexibility index (Phi) is 5.50. The van der Waals surface area contributed by atoms with Crippen LogP contribution in [0.4, 0.5) is 0 Å². The van der Waals surface area contributed by atoms with Gasteiger partial charge in [0.25, 0.3) is 0 Å². The zero-order valence-electron chi connectivity index (χ0n) is 17.5. The SMILES string of the molecule is Cc1cc([C@H](N)C(=O)O)cc(C)c1Oc1ccc2[nH]cc(S(=O)(=O)c3ccccc3)c2c1. The molecule has 0 unspecified atom stereocenters. The molecule has 1 heterocycles. The summed E-state index contributed by atoms with van der Waals surface area (Å²) in [5, 5.41) is 9.69. The summed E-state index contributed by atoms with van der Waals surface area (Å²) >= 11 is 0. The van der Waals surface area contributed by atoms with Crippen molar-refractivity contribution < 1.29 is 23.1 Å². The first-order valence-corrected chi connectivity index (χ1v) is 11.4. The van der Waals surface area contributed by atoms with E-state index >= 15 is 0 Å². The first-order valence-electron chi connectivity index (χ1n) is 9.87. The number of carboxylic acid groups (broad SMARTS) is 1. The Morgan fingerprint density at radius 3 is 2.31 bits per heavy atom. The summed E-state index contributed by atoms with van der Waals surface area (Å²) in [6, 6.07) is 15.7. The number of aromatic amines is 1. The quantitative estimate of drug-likeness (QED) is 0.398. The van der Waals surface area contributed by atoms with E-state index in [2.05, 4.69) is 4.98 Å². The van der Waals surface area contributed by atoms with Crippen molar-refractivity contribution in [1.29, 1.82) is 0 Å². The molecule has 3 aromatic carbocycles. The summed E-state index contributed by atoms with van der Waals surface area (Å²) in [7, 11) is -3.71. The van der Waals surface area contributed by atoms with Gasteiger partial charge < -0.3 is 20.6 Å². The predicted molar refractivity (Wildman–Crippen MR) is 121 cm³/mol. The lowest BCUT2D eigenvalue weighted by molar-refractivity contribution is -0.138. The molecule has 0 amide bonds. The second-order valence-electron chi connectivity index (χ2n) is 7.58. The van der Waals surface area contributed by atoms with Crippen LogP contribution in [0.3, 0.4) is 0 Å². The Labute approximate surface area is 185 Å². The van der Waals surface area contributed by atoms with Gasteiger partial charge in [-0.1, -0.05) is 30.3 Å². The monoisotopic (exact) mass is 450 g/mol. The smallest absolute Gasteiger partial charge is 0.325 e. The zero-order valence-corrected chi connectivity index (χ0v) is 18.3. The average Bonchev–Trinajstić information content (AvgIpc) is 3.20. The number of hydrogen-bond acceptors (Lipinski definition) is 5. The number of hydrogen-bond donors (Lipinski definition) is 3. The highest BCUT2D eigenvalue weighted by molar-refractivity contribution is 7.91. The maximum atomic E-state index is 13.1. The summed E-state index contributed by atoms with van der Waals surface area (Å²) in [4.78, 5) is 14.6. The van der Waals surface area contributed by atoms with Gasteiger partial charge in [0.05, 0.1) is 9.79 Å². The van der Waals surface area contributed by atoms with E-state index in [1.165, 1.54) is 6.20 Å². The van der Waals surface area contributed by atoms with Crippen LogP contribution in [0.25, 0.3) is 10.9 Å². The largest absolute Gasteiger partial charge is 0.480 e. The number of carboxylic acids is 1. The number of ether oxygens (including phenoxy) is 1. The van der Waals surface area contributed by atoms with Gasteiger partial charge in [0.2, 0.25) is 9.84 Å². The van der Waals surface area contributed by atoms with Gasteiger partial charge in [0.1, 0.15) is 17.5 Å². The number of nitrogens with one attached hydrogen (secondary N) is 1. The Balaban J connectivity index is 1.73. The van der Waals surface area contributed by atoms with Gasteiger partial charge in [-0.05, 0) is 60.9 Å². The standard InChI is InChI=1S/C24H22N2O5S/c1-14-10-16(22(25)24(27)28)11-15(2)23(14)31-17-8-9-20-19(12-17)21(13-26-20)32(29,30)18-6-4-3-5-7-18/h3-13,22,26H,25H2,1-2H3,(H,27,28)/t22-/m0/s1. The predicted octanol–water partition coefficient (Wildman–Crippen LogP) is 4.49. The summed E-state index contributed by atoms with van der Waals surface area (Å²) in [6.07, 6.45) is 1.48. The average molecular weight is 451 g/mol. The first-order chi connectivity index (χ1) is 15.2. The molecule has 1 aromatic heterocycles. The van der Waals surface area contributed by atoms with Crippen LogP contribution in [0.1, 0.15) is 22.7 Å². The maximum Gasteiger partial charge on any atom is 0.325 e. The minimum Gasteiger partial charge on any atom is -0.480 e. The van der Waals surface area contributed by atoms with Crippen LogP contribution in [0.15, 0.2) is 76.7 Å². The van der Waals surface area contributed by atoms with Crippen LogP contribution in [0.2, 0.25) is 0 Å². The van der Waals surface area contributed by atoms with Crippen LogP contribution >= 0.6 is 0 Å². The highest BCUT2D eigenvalue weighted by Gasteiger charge is 2.22. The number of H-pyrrole nitrogens is 1. The minimum atomic E-state index is -3.71. The molecular formula is C24H22N2O5S. The molecule has 4 aromatic rings. The Morgan fingerprint density at radius 2 is 1.69 bits per heavy atom. The maximum absolute atomic E-state index is 13.1. The molecule has 0 aliphatic rings. The molecule has 0 aliphatic carbocycles. The number of carbonyl (C=O) groups is 1. The molecule has 0 bridgehead atoms. The van der Waals surface area contributed by atoms with Crippen molar-refractivity contribution in [1.82, 2.24) is 4.98 Å². The van der Waals surface area contributed by atoms with Gasteiger partial charge in [-0.15, -0.1) is 0 Å². The molecule has 0 saturated carbocycles. The summed E-state index contributed by atoms with van der Waals surface area (Å²) in [5.41, 5.74) is 8.34. The van der Waals surface area contributed by atoms with Gasteiger partial charge in [-0.3, -0.25) is 4.79 Å². The van der Waals surface area contributed by atoms with Crippen molar-refractivity contribution in [3.63, 3.8) is 0 Å².